The first-order valence-corrected chi connectivity index (χ1v) is 8.44. The van der Waals surface area contributed by atoms with E-state index >= 15 is 0 Å². The SMILES string of the molecule is COc1ccc(-c2[nH]c3ccccc3c2SCc2nn[nH]n2)cc1. The smallest absolute Gasteiger partial charge is 0.184 e. The number of aromatic nitrogens is 5. The van der Waals surface area contributed by atoms with Gasteiger partial charge in [0.05, 0.1) is 18.6 Å². The number of benzene rings is 2. The first-order chi connectivity index (χ1) is 11.8. The number of tetrazole rings is 1. The van der Waals surface area contributed by atoms with E-state index in [1.54, 1.807) is 18.9 Å². The quantitative estimate of drug-likeness (QED) is 0.543. The molecule has 0 aliphatic heterocycles. The fourth-order valence-corrected chi connectivity index (χ4v) is 3.65. The molecule has 0 aliphatic carbocycles. The molecule has 2 aromatic carbocycles. The summed E-state index contributed by atoms with van der Waals surface area (Å²) in [6.45, 7) is 0. The molecule has 0 unspecified atom stereocenters. The molecule has 2 heterocycles. The summed E-state index contributed by atoms with van der Waals surface area (Å²) < 4.78 is 5.25. The Balaban J connectivity index is 1.76. The predicted molar refractivity (Wildman–Crippen MR) is 94.0 cm³/mol. The molecule has 4 rings (SSSR count). The maximum absolute atomic E-state index is 5.25. The van der Waals surface area contributed by atoms with Crippen LogP contribution in [0.4, 0.5) is 0 Å². The highest BCUT2D eigenvalue weighted by atomic mass is 32.2. The topological polar surface area (TPSA) is 79.5 Å². The molecule has 0 atom stereocenters. The maximum atomic E-state index is 5.25. The van der Waals surface area contributed by atoms with Gasteiger partial charge in [0.1, 0.15) is 5.75 Å². The number of hydrogen-bond acceptors (Lipinski definition) is 5. The van der Waals surface area contributed by atoms with E-state index in [9.17, 15) is 0 Å². The van der Waals surface area contributed by atoms with Gasteiger partial charge in [0, 0.05) is 15.8 Å². The zero-order chi connectivity index (χ0) is 16.4. The molecule has 0 amide bonds. The van der Waals surface area contributed by atoms with Crippen LogP contribution in [0.25, 0.3) is 22.2 Å². The molecule has 2 aromatic heterocycles. The number of hydrogen-bond donors (Lipinski definition) is 2. The third-order valence-electron chi connectivity index (χ3n) is 3.77. The number of aromatic amines is 2. The van der Waals surface area contributed by atoms with E-state index in [0.717, 1.165) is 22.5 Å². The van der Waals surface area contributed by atoms with E-state index in [-0.39, 0.29) is 0 Å². The number of para-hydroxylation sites is 1. The molecule has 24 heavy (non-hydrogen) atoms. The van der Waals surface area contributed by atoms with Gasteiger partial charge in [-0.15, -0.1) is 22.0 Å². The summed E-state index contributed by atoms with van der Waals surface area (Å²) in [5.41, 5.74) is 3.31. The number of fused-ring (bicyclic) bond motifs is 1. The minimum absolute atomic E-state index is 0.654. The van der Waals surface area contributed by atoms with Crippen LogP contribution in [0.1, 0.15) is 5.82 Å². The van der Waals surface area contributed by atoms with Gasteiger partial charge in [0.2, 0.25) is 0 Å². The highest BCUT2D eigenvalue weighted by Crippen LogP contribution is 2.39. The average Bonchev–Trinajstić information content (AvgIpc) is 3.27. The second kappa shape index (κ2) is 6.37. The molecular formula is C17H15N5OS. The van der Waals surface area contributed by atoms with E-state index in [2.05, 4.69) is 49.9 Å². The molecule has 0 bridgehead atoms. The van der Waals surface area contributed by atoms with E-state index in [1.807, 2.05) is 24.3 Å². The highest BCUT2D eigenvalue weighted by molar-refractivity contribution is 7.98. The van der Waals surface area contributed by atoms with Crippen LogP contribution in [0.15, 0.2) is 53.4 Å². The van der Waals surface area contributed by atoms with Crippen LogP contribution in [-0.2, 0) is 5.75 Å². The number of ether oxygens (including phenoxy) is 1. The lowest BCUT2D eigenvalue weighted by molar-refractivity contribution is 0.415. The Morgan fingerprint density at radius 1 is 1.08 bits per heavy atom. The van der Waals surface area contributed by atoms with Gasteiger partial charge in [-0.3, -0.25) is 0 Å². The minimum atomic E-state index is 0.654. The van der Waals surface area contributed by atoms with Crippen LogP contribution in [0.2, 0.25) is 0 Å². The fourth-order valence-electron chi connectivity index (χ4n) is 2.61. The third kappa shape index (κ3) is 2.74. The second-order valence-electron chi connectivity index (χ2n) is 5.22. The molecule has 6 nitrogen and oxygen atoms in total. The molecule has 0 fully saturated rings. The third-order valence-corrected chi connectivity index (χ3v) is 4.89. The lowest BCUT2D eigenvalue weighted by Crippen LogP contribution is -1.86. The molecular weight excluding hydrogens is 322 g/mol. The summed E-state index contributed by atoms with van der Waals surface area (Å²) >= 11 is 1.70. The number of methoxy groups -OCH3 is 1. The lowest BCUT2D eigenvalue weighted by Gasteiger charge is -2.05. The minimum Gasteiger partial charge on any atom is -0.497 e. The Labute approximate surface area is 142 Å². The van der Waals surface area contributed by atoms with E-state index in [1.165, 1.54) is 10.3 Å². The Morgan fingerprint density at radius 2 is 1.92 bits per heavy atom. The summed E-state index contributed by atoms with van der Waals surface area (Å²) in [7, 11) is 1.67. The zero-order valence-electron chi connectivity index (χ0n) is 13.0. The van der Waals surface area contributed by atoms with Gasteiger partial charge in [-0.1, -0.05) is 23.4 Å². The van der Waals surface area contributed by atoms with Crippen molar-refractivity contribution in [1.82, 2.24) is 25.6 Å². The number of thioether (sulfide) groups is 1. The molecule has 0 radical (unpaired) electrons. The normalized spacial score (nSPS) is 11.0. The number of nitrogens with one attached hydrogen (secondary N) is 2. The molecule has 0 saturated carbocycles. The number of H-pyrrole nitrogens is 2. The van der Waals surface area contributed by atoms with Gasteiger partial charge >= 0.3 is 0 Å². The van der Waals surface area contributed by atoms with Crippen LogP contribution in [0.5, 0.6) is 5.75 Å². The molecule has 0 saturated heterocycles. The van der Waals surface area contributed by atoms with Gasteiger partial charge < -0.3 is 9.72 Å². The van der Waals surface area contributed by atoms with E-state index in [0.29, 0.717) is 11.6 Å². The van der Waals surface area contributed by atoms with Gasteiger partial charge in [-0.05, 0) is 35.9 Å². The predicted octanol–water partition coefficient (Wildman–Crippen LogP) is 3.65. The van der Waals surface area contributed by atoms with Crippen molar-refractivity contribution >= 4 is 22.7 Å². The Bertz CT molecular complexity index is 947. The summed E-state index contributed by atoms with van der Waals surface area (Å²) in [4.78, 5) is 4.70. The molecule has 4 aromatic rings. The Kier molecular flexibility index (Phi) is 3.92. The molecule has 0 spiro atoms. The van der Waals surface area contributed by atoms with Crippen molar-refractivity contribution in [3.8, 4) is 17.0 Å². The van der Waals surface area contributed by atoms with E-state index in [4.69, 9.17) is 4.74 Å². The Hall–Kier alpha value is -2.80. The fraction of sp³-hybridized carbons (Fsp3) is 0.118. The molecule has 7 heteroatoms. The number of nitrogens with zero attached hydrogens (tertiary/aromatic N) is 3. The van der Waals surface area contributed by atoms with Crippen molar-refractivity contribution in [2.45, 2.75) is 10.6 Å². The summed E-state index contributed by atoms with van der Waals surface area (Å²) in [5, 5.41) is 15.3. The van der Waals surface area contributed by atoms with Crippen molar-refractivity contribution in [3.63, 3.8) is 0 Å². The molecule has 2 N–H and O–H groups in total. The van der Waals surface area contributed by atoms with Crippen LogP contribution in [0, 0.1) is 0 Å². The monoisotopic (exact) mass is 337 g/mol. The average molecular weight is 337 g/mol. The summed E-state index contributed by atoms with van der Waals surface area (Å²) in [6, 6.07) is 16.3. The van der Waals surface area contributed by atoms with Crippen molar-refractivity contribution in [1.29, 1.82) is 0 Å². The van der Waals surface area contributed by atoms with Gasteiger partial charge in [0.15, 0.2) is 5.82 Å². The zero-order valence-corrected chi connectivity index (χ0v) is 13.8. The number of rotatable bonds is 5. The standard InChI is InChI=1S/C17H15N5OS/c1-23-12-8-6-11(7-9-12)16-17(24-10-15-19-21-22-20-15)13-4-2-3-5-14(13)18-16/h2-9,18H,10H2,1H3,(H,19,20,21,22). The largest absolute Gasteiger partial charge is 0.497 e. The highest BCUT2D eigenvalue weighted by Gasteiger charge is 2.14. The Morgan fingerprint density at radius 3 is 2.67 bits per heavy atom. The van der Waals surface area contributed by atoms with E-state index < -0.39 is 0 Å². The van der Waals surface area contributed by atoms with Crippen LogP contribution < -0.4 is 4.74 Å². The van der Waals surface area contributed by atoms with Gasteiger partial charge in [-0.25, -0.2) is 0 Å². The van der Waals surface area contributed by atoms with Crippen LogP contribution in [0.3, 0.4) is 0 Å². The van der Waals surface area contributed by atoms with Crippen molar-refractivity contribution < 1.29 is 4.74 Å². The van der Waals surface area contributed by atoms with Crippen LogP contribution >= 0.6 is 11.8 Å². The van der Waals surface area contributed by atoms with Crippen LogP contribution in [-0.4, -0.2) is 32.7 Å². The molecule has 0 aliphatic rings. The maximum Gasteiger partial charge on any atom is 0.184 e. The first-order valence-electron chi connectivity index (χ1n) is 7.45. The van der Waals surface area contributed by atoms with Crippen molar-refractivity contribution in [2.24, 2.45) is 0 Å². The van der Waals surface area contributed by atoms with Gasteiger partial charge in [0.25, 0.3) is 0 Å². The summed E-state index contributed by atoms with van der Waals surface area (Å²) in [6.07, 6.45) is 0. The van der Waals surface area contributed by atoms with Crippen molar-refractivity contribution in [3.05, 3.63) is 54.4 Å². The second-order valence-corrected chi connectivity index (χ2v) is 6.21. The first kappa shape index (κ1) is 14.8. The van der Waals surface area contributed by atoms with Gasteiger partial charge in [-0.2, -0.15) is 5.21 Å². The summed E-state index contributed by atoms with van der Waals surface area (Å²) in [5.74, 6) is 2.18. The van der Waals surface area contributed by atoms with Crippen molar-refractivity contribution in [2.75, 3.05) is 7.11 Å². The molecule has 120 valence electrons. The lowest BCUT2D eigenvalue weighted by atomic mass is 10.1.